The third-order valence-corrected chi connectivity index (χ3v) is 4.47. The van der Waals surface area contributed by atoms with Crippen molar-refractivity contribution in [2.45, 2.75) is 26.3 Å². The Kier molecular flexibility index (Phi) is 10.6. The van der Waals surface area contributed by atoms with Gasteiger partial charge < -0.3 is 26.4 Å². The second-order valence-corrected chi connectivity index (χ2v) is 7.34. The molecule has 0 saturated carbocycles. The van der Waals surface area contributed by atoms with Crippen molar-refractivity contribution >= 4 is 23.3 Å². The van der Waals surface area contributed by atoms with E-state index in [0.29, 0.717) is 17.5 Å². The van der Waals surface area contributed by atoms with Crippen molar-refractivity contribution in [3.05, 3.63) is 58.7 Å². The Morgan fingerprint density at radius 3 is 1.75 bits per heavy atom. The Labute approximate surface area is 190 Å². The van der Waals surface area contributed by atoms with Gasteiger partial charge in [-0.2, -0.15) is 0 Å². The van der Waals surface area contributed by atoms with Crippen molar-refractivity contribution in [3.8, 4) is 0 Å². The number of anilines is 2. The molecule has 0 aromatic heterocycles. The summed E-state index contributed by atoms with van der Waals surface area (Å²) in [5, 5.41) is 25.9. The number of carbonyl (C=O) groups is 2. The van der Waals surface area contributed by atoms with Crippen LogP contribution < -0.4 is 16.2 Å². The van der Waals surface area contributed by atoms with E-state index in [9.17, 15) is 19.8 Å². The van der Waals surface area contributed by atoms with Crippen LogP contribution in [0.1, 0.15) is 51.7 Å². The van der Waals surface area contributed by atoms with Crippen molar-refractivity contribution in [1.82, 2.24) is 15.3 Å². The summed E-state index contributed by atoms with van der Waals surface area (Å²) in [4.78, 5) is 23.6. The highest BCUT2D eigenvalue weighted by Crippen LogP contribution is 2.28. The number of rotatable bonds is 10. The second-order valence-electron chi connectivity index (χ2n) is 7.34. The highest BCUT2D eigenvalue weighted by molar-refractivity contribution is 5.91. The molecule has 2 aromatic carbocycles. The minimum atomic E-state index is -1.04. The van der Waals surface area contributed by atoms with E-state index in [2.05, 4.69) is 16.2 Å². The van der Waals surface area contributed by atoms with Crippen molar-refractivity contribution in [3.63, 3.8) is 0 Å². The van der Waals surface area contributed by atoms with Gasteiger partial charge >= 0.3 is 11.9 Å². The lowest BCUT2D eigenvalue weighted by Crippen LogP contribution is -2.24. The molecule has 0 fully saturated rings. The molecule has 0 spiro atoms. The first-order valence-corrected chi connectivity index (χ1v) is 10.4. The summed E-state index contributed by atoms with van der Waals surface area (Å²) >= 11 is 0. The monoisotopic (exact) mass is 445 g/mol. The number of hydrogen-bond donors (Lipinski definition) is 5. The van der Waals surface area contributed by atoms with Gasteiger partial charge in [0.25, 0.3) is 0 Å². The molecular weight excluding hydrogens is 410 g/mol. The Hall–Kier alpha value is -3.14. The number of likely N-dealkylation sites (N-methyl/N-ethyl adjacent to an activating group) is 1. The van der Waals surface area contributed by atoms with E-state index in [1.165, 1.54) is 0 Å². The fourth-order valence-corrected chi connectivity index (χ4v) is 3.26. The highest BCUT2D eigenvalue weighted by Gasteiger charge is 2.22. The molecule has 176 valence electrons. The quantitative estimate of drug-likeness (QED) is 0.351. The minimum absolute atomic E-state index is 0.165. The van der Waals surface area contributed by atoms with Crippen molar-refractivity contribution in [2.75, 3.05) is 46.1 Å². The molecule has 0 amide bonds. The highest BCUT2D eigenvalue weighted by atomic mass is 16.4. The van der Waals surface area contributed by atoms with Gasteiger partial charge in [-0.3, -0.25) is 0 Å². The first-order valence-electron chi connectivity index (χ1n) is 10.4. The first-order chi connectivity index (χ1) is 15.1. The van der Waals surface area contributed by atoms with E-state index in [4.69, 9.17) is 0 Å². The largest absolute Gasteiger partial charge is 0.478 e. The van der Waals surface area contributed by atoms with Gasteiger partial charge in [-0.05, 0) is 61.0 Å². The van der Waals surface area contributed by atoms with Gasteiger partial charge in [-0.1, -0.05) is 13.8 Å². The van der Waals surface area contributed by atoms with E-state index in [1.54, 1.807) is 53.5 Å². The van der Waals surface area contributed by atoms with Crippen LogP contribution in [0, 0.1) is 0 Å². The number of hydrazine groups is 2. The maximum Gasteiger partial charge on any atom is 0.336 e. The fourth-order valence-electron chi connectivity index (χ4n) is 3.26. The molecule has 0 heterocycles. The van der Waals surface area contributed by atoms with Crippen LogP contribution in [0.3, 0.4) is 0 Å². The fraction of sp³-hybridized carbons (Fsp3) is 0.391. The third kappa shape index (κ3) is 7.52. The Bertz CT molecular complexity index is 915. The lowest BCUT2D eigenvalue weighted by molar-refractivity contribution is 0.0683. The zero-order valence-electron chi connectivity index (χ0n) is 19.9. The zero-order chi connectivity index (χ0) is 24.4. The van der Waals surface area contributed by atoms with Gasteiger partial charge in [-0.25, -0.2) is 19.6 Å². The van der Waals surface area contributed by atoms with E-state index in [1.807, 2.05) is 42.0 Å². The molecular formula is C23H35N5O4. The van der Waals surface area contributed by atoms with Gasteiger partial charge in [0.1, 0.15) is 0 Å². The van der Waals surface area contributed by atoms with Crippen molar-refractivity contribution in [1.29, 1.82) is 0 Å². The maximum absolute atomic E-state index is 11.8. The summed E-state index contributed by atoms with van der Waals surface area (Å²) in [6.07, 6.45) is 0.298. The number of nitrogens with zero attached hydrogens (tertiary/aromatic N) is 2. The average Bonchev–Trinajstić information content (AvgIpc) is 2.72. The zero-order valence-corrected chi connectivity index (χ0v) is 19.9. The predicted molar refractivity (Wildman–Crippen MR) is 128 cm³/mol. The van der Waals surface area contributed by atoms with Crippen LogP contribution in [0.4, 0.5) is 11.4 Å². The van der Waals surface area contributed by atoms with Crippen LogP contribution >= 0.6 is 0 Å². The van der Waals surface area contributed by atoms with Gasteiger partial charge in [0.2, 0.25) is 0 Å². The van der Waals surface area contributed by atoms with Gasteiger partial charge in [-0.15, -0.1) is 0 Å². The standard InChI is InChI=1S/C21H29N5O4.C2H6/c1-22-19(18-12-15(24-26(4)5)7-9-17(18)21(29)30)11-13-10-14(23-25(2)3)6-8-16(13)20(27)28;1-2/h6-10,12,19,22-24H,11H2,1-5H3,(H,27,28)(H,29,30);1-2H3. The molecule has 2 rings (SSSR count). The molecule has 1 atom stereocenters. The lowest BCUT2D eigenvalue weighted by Gasteiger charge is -2.23. The Morgan fingerprint density at radius 1 is 0.844 bits per heavy atom. The van der Waals surface area contributed by atoms with Crippen LogP contribution in [-0.4, -0.2) is 67.4 Å². The Morgan fingerprint density at radius 2 is 1.31 bits per heavy atom. The summed E-state index contributed by atoms with van der Waals surface area (Å²) in [7, 11) is 9.07. The molecule has 0 aliphatic rings. The van der Waals surface area contributed by atoms with Gasteiger partial charge in [0.05, 0.1) is 11.1 Å². The lowest BCUT2D eigenvalue weighted by atomic mass is 9.92. The van der Waals surface area contributed by atoms with Crippen LogP contribution in [0.25, 0.3) is 0 Å². The molecule has 9 heteroatoms. The topological polar surface area (TPSA) is 117 Å². The molecule has 32 heavy (non-hydrogen) atoms. The van der Waals surface area contributed by atoms with E-state index >= 15 is 0 Å². The number of benzene rings is 2. The van der Waals surface area contributed by atoms with Crippen LogP contribution in [0.15, 0.2) is 36.4 Å². The number of carboxylic acid groups (broad SMARTS) is 2. The summed E-state index contributed by atoms with van der Waals surface area (Å²) in [6.45, 7) is 4.00. The van der Waals surface area contributed by atoms with Gasteiger partial charge in [0, 0.05) is 45.6 Å². The third-order valence-electron chi connectivity index (χ3n) is 4.47. The molecule has 5 N–H and O–H groups in total. The van der Waals surface area contributed by atoms with Crippen LogP contribution in [-0.2, 0) is 6.42 Å². The van der Waals surface area contributed by atoms with Gasteiger partial charge in [0.15, 0.2) is 0 Å². The van der Waals surface area contributed by atoms with E-state index in [-0.39, 0.29) is 11.1 Å². The molecule has 0 bridgehead atoms. The first kappa shape index (κ1) is 26.9. The second kappa shape index (κ2) is 12.7. The summed E-state index contributed by atoms with van der Waals surface area (Å²) < 4.78 is 0. The molecule has 0 radical (unpaired) electrons. The summed E-state index contributed by atoms with van der Waals surface area (Å²) in [6, 6.07) is 9.64. The molecule has 0 aliphatic heterocycles. The summed E-state index contributed by atoms with van der Waals surface area (Å²) in [5.74, 6) is -2.07. The molecule has 0 aliphatic carbocycles. The van der Waals surface area contributed by atoms with Crippen molar-refractivity contribution < 1.29 is 19.8 Å². The minimum Gasteiger partial charge on any atom is -0.478 e. The molecule has 0 saturated heterocycles. The maximum atomic E-state index is 11.8. The number of nitrogens with one attached hydrogen (secondary N) is 3. The molecule has 9 nitrogen and oxygen atoms in total. The molecule has 1 unspecified atom stereocenters. The van der Waals surface area contributed by atoms with Crippen LogP contribution in [0.5, 0.6) is 0 Å². The normalized spacial score (nSPS) is 11.5. The average molecular weight is 446 g/mol. The van der Waals surface area contributed by atoms with E-state index in [0.717, 1.165) is 11.4 Å². The van der Waals surface area contributed by atoms with Crippen molar-refractivity contribution in [2.24, 2.45) is 0 Å². The van der Waals surface area contributed by atoms with Crippen LogP contribution in [0.2, 0.25) is 0 Å². The summed E-state index contributed by atoms with van der Waals surface area (Å²) in [5.41, 5.74) is 9.22. The van der Waals surface area contributed by atoms with E-state index < -0.39 is 18.0 Å². The SMILES string of the molecule is CC.CNC(Cc1cc(NN(C)C)ccc1C(=O)O)c1cc(NN(C)C)ccc1C(=O)O. The smallest absolute Gasteiger partial charge is 0.336 e. The Balaban J connectivity index is 0.00000249. The molecule has 2 aromatic rings. The number of aromatic carboxylic acids is 2. The number of hydrogen-bond acceptors (Lipinski definition) is 7. The number of carboxylic acids is 2. The predicted octanol–water partition coefficient (Wildman–Crippen LogP) is 3.39.